The van der Waals surface area contributed by atoms with Gasteiger partial charge in [0.1, 0.15) is 0 Å². The Balaban J connectivity index is 2.66. The van der Waals surface area contributed by atoms with Gasteiger partial charge in [0.15, 0.2) is 0 Å². The molecule has 1 atom stereocenters. The number of carbonyl (C=O) groups excluding carboxylic acids is 1. The maximum atomic E-state index is 11.3. The van der Waals surface area contributed by atoms with Crippen LogP contribution >= 0.6 is 0 Å². The van der Waals surface area contributed by atoms with Gasteiger partial charge < -0.3 is 10.1 Å². The number of carbonyl (C=O) groups is 1. The summed E-state index contributed by atoms with van der Waals surface area (Å²) in [6, 6.07) is -0.0129. The molecule has 1 N–H and O–H groups in total. The summed E-state index contributed by atoms with van der Waals surface area (Å²) in [5.41, 5.74) is 1.02. The van der Waals surface area contributed by atoms with E-state index < -0.39 is 0 Å². The lowest BCUT2D eigenvalue weighted by Gasteiger charge is -2.15. The van der Waals surface area contributed by atoms with Crippen molar-refractivity contribution in [3.8, 4) is 0 Å². The molecule has 1 heterocycles. The SMILES string of the molecule is CCCNC(CC(=O)OC)c1cnn(C)c1. The van der Waals surface area contributed by atoms with Gasteiger partial charge in [-0.15, -0.1) is 0 Å². The number of hydrogen-bond donors (Lipinski definition) is 1. The number of rotatable bonds is 6. The van der Waals surface area contributed by atoms with Crippen molar-refractivity contribution in [1.29, 1.82) is 0 Å². The maximum Gasteiger partial charge on any atom is 0.307 e. The molecule has 0 aromatic carbocycles. The summed E-state index contributed by atoms with van der Waals surface area (Å²) in [5, 5.41) is 7.41. The van der Waals surface area contributed by atoms with Crippen LogP contribution in [0.1, 0.15) is 31.4 Å². The highest BCUT2D eigenvalue weighted by Gasteiger charge is 2.16. The lowest BCUT2D eigenvalue weighted by molar-refractivity contribution is -0.141. The van der Waals surface area contributed by atoms with Crippen LogP contribution in [0.3, 0.4) is 0 Å². The van der Waals surface area contributed by atoms with E-state index in [1.54, 1.807) is 10.9 Å². The van der Waals surface area contributed by atoms with E-state index in [0.29, 0.717) is 6.42 Å². The predicted octanol–water partition coefficient (Wildman–Crippen LogP) is 1.02. The van der Waals surface area contributed by atoms with Crippen LogP contribution in [0.15, 0.2) is 12.4 Å². The Hall–Kier alpha value is -1.36. The Kier molecular flexibility index (Phi) is 4.98. The van der Waals surface area contributed by atoms with Gasteiger partial charge >= 0.3 is 5.97 Å². The molecule has 0 saturated carbocycles. The first kappa shape index (κ1) is 12.7. The van der Waals surface area contributed by atoms with Crippen molar-refractivity contribution >= 4 is 5.97 Å². The molecule has 90 valence electrons. The molecule has 0 aliphatic rings. The minimum atomic E-state index is -0.211. The average molecular weight is 225 g/mol. The third-order valence-electron chi connectivity index (χ3n) is 2.37. The first-order valence-electron chi connectivity index (χ1n) is 5.46. The van der Waals surface area contributed by atoms with Gasteiger partial charge in [0.05, 0.1) is 19.7 Å². The van der Waals surface area contributed by atoms with E-state index in [0.717, 1.165) is 18.5 Å². The fraction of sp³-hybridized carbons (Fsp3) is 0.636. The molecule has 1 aromatic rings. The fourth-order valence-corrected chi connectivity index (χ4v) is 1.50. The summed E-state index contributed by atoms with van der Waals surface area (Å²) >= 11 is 0. The molecule has 1 rings (SSSR count). The molecule has 1 aromatic heterocycles. The predicted molar refractivity (Wildman–Crippen MR) is 60.9 cm³/mol. The fourth-order valence-electron chi connectivity index (χ4n) is 1.50. The molecular formula is C11H19N3O2. The maximum absolute atomic E-state index is 11.3. The standard InChI is InChI=1S/C11H19N3O2/c1-4-5-12-10(6-11(15)16-3)9-7-13-14(2)8-9/h7-8,10,12H,4-6H2,1-3H3. The zero-order valence-electron chi connectivity index (χ0n) is 10.1. The summed E-state index contributed by atoms with van der Waals surface area (Å²) in [4.78, 5) is 11.3. The van der Waals surface area contributed by atoms with E-state index >= 15 is 0 Å². The number of nitrogens with one attached hydrogen (secondary N) is 1. The molecule has 16 heavy (non-hydrogen) atoms. The van der Waals surface area contributed by atoms with Crippen molar-refractivity contribution in [2.45, 2.75) is 25.8 Å². The molecule has 0 saturated heterocycles. The summed E-state index contributed by atoms with van der Waals surface area (Å²) in [7, 11) is 3.26. The summed E-state index contributed by atoms with van der Waals surface area (Å²) in [6.45, 7) is 2.96. The van der Waals surface area contributed by atoms with E-state index in [2.05, 4.69) is 22.1 Å². The van der Waals surface area contributed by atoms with Crippen molar-refractivity contribution in [1.82, 2.24) is 15.1 Å². The number of aromatic nitrogens is 2. The second-order valence-electron chi connectivity index (χ2n) is 3.73. The molecule has 1 unspecified atom stereocenters. The smallest absolute Gasteiger partial charge is 0.307 e. The number of hydrogen-bond acceptors (Lipinski definition) is 4. The number of aryl methyl sites for hydroxylation is 1. The topological polar surface area (TPSA) is 56.1 Å². The van der Waals surface area contributed by atoms with Crippen molar-refractivity contribution < 1.29 is 9.53 Å². The van der Waals surface area contributed by atoms with Crippen LogP contribution in [-0.4, -0.2) is 29.4 Å². The van der Waals surface area contributed by atoms with E-state index in [-0.39, 0.29) is 12.0 Å². The molecule has 0 amide bonds. The van der Waals surface area contributed by atoms with Crippen LogP contribution in [0, 0.1) is 0 Å². The van der Waals surface area contributed by atoms with Crippen molar-refractivity contribution in [2.24, 2.45) is 7.05 Å². The van der Waals surface area contributed by atoms with Crippen LogP contribution in [0.5, 0.6) is 0 Å². The van der Waals surface area contributed by atoms with E-state index in [1.807, 2.05) is 13.2 Å². The lowest BCUT2D eigenvalue weighted by atomic mass is 10.1. The average Bonchev–Trinajstić information content (AvgIpc) is 2.70. The van der Waals surface area contributed by atoms with Crippen molar-refractivity contribution in [2.75, 3.05) is 13.7 Å². The first-order chi connectivity index (χ1) is 7.67. The molecule has 0 fully saturated rings. The normalized spacial score (nSPS) is 12.4. The van der Waals surface area contributed by atoms with E-state index in [9.17, 15) is 4.79 Å². The van der Waals surface area contributed by atoms with Crippen LogP contribution in [0.4, 0.5) is 0 Å². The molecule has 0 aliphatic carbocycles. The third-order valence-corrected chi connectivity index (χ3v) is 2.37. The number of ether oxygens (including phenoxy) is 1. The zero-order valence-corrected chi connectivity index (χ0v) is 10.1. The Labute approximate surface area is 95.8 Å². The molecule has 0 spiro atoms. The van der Waals surface area contributed by atoms with Crippen molar-refractivity contribution in [3.63, 3.8) is 0 Å². The van der Waals surface area contributed by atoms with Crippen LogP contribution in [-0.2, 0) is 16.6 Å². The summed E-state index contributed by atoms with van der Waals surface area (Å²) < 4.78 is 6.41. The quantitative estimate of drug-likeness (QED) is 0.734. The van der Waals surface area contributed by atoms with Gasteiger partial charge in [0.2, 0.25) is 0 Å². The van der Waals surface area contributed by atoms with Gasteiger partial charge in [-0.3, -0.25) is 9.48 Å². The number of methoxy groups -OCH3 is 1. The second kappa shape index (κ2) is 6.27. The third kappa shape index (κ3) is 3.66. The summed E-state index contributed by atoms with van der Waals surface area (Å²) in [6.07, 6.45) is 5.05. The Morgan fingerprint density at radius 2 is 2.44 bits per heavy atom. The largest absolute Gasteiger partial charge is 0.469 e. The van der Waals surface area contributed by atoms with E-state index in [1.165, 1.54) is 7.11 Å². The van der Waals surface area contributed by atoms with Crippen LogP contribution in [0.25, 0.3) is 0 Å². The number of nitrogens with zero attached hydrogens (tertiary/aromatic N) is 2. The van der Waals surface area contributed by atoms with Crippen LogP contribution in [0.2, 0.25) is 0 Å². The minimum absolute atomic E-state index is 0.0129. The lowest BCUT2D eigenvalue weighted by Crippen LogP contribution is -2.24. The van der Waals surface area contributed by atoms with Crippen LogP contribution < -0.4 is 5.32 Å². The molecule has 0 bridgehead atoms. The van der Waals surface area contributed by atoms with Crippen molar-refractivity contribution in [3.05, 3.63) is 18.0 Å². The molecule has 0 aliphatic heterocycles. The zero-order chi connectivity index (χ0) is 12.0. The van der Waals surface area contributed by atoms with E-state index in [4.69, 9.17) is 0 Å². The highest BCUT2D eigenvalue weighted by atomic mass is 16.5. The number of esters is 1. The van der Waals surface area contributed by atoms with Gasteiger partial charge in [-0.1, -0.05) is 6.92 Å². The molecule has 5 nitrogen and oxygen atoms in total. The Bertz CT molecular complexity index is 336. The first-order valence-corrected chi connectivity index (χ1v) is 5.46. The Morgan fingerprint density at radius 1 is 1.69 bits per heavy atom. The summed E-state index contributed by atoms with van der Waals surface area (Å²) in [5.74, 6) is -0.211. The van der Waals surface area contributed by atoms with Gasteiger partial charge in [-0.2, -0.15) is 5.10 Å². The molecule has 5 heteroatoms. The monoisotopic (exact) mass is 225 g/mol. The van der Waals surface area contributed by atoms with Gasteiger partial charge in [-0.05, 0) is 13.0 Å². The Morgan fingerprint density at radius 3 is 2.94 bits per heavy atom. The molecule has 0 radical (unpaired) electrons. The minimum Gasteiger partial charge on any atom is -0.469 e. The molecular weight excluding hydrogens is 206 g/mol. The highest BCUT2D eigenvalue weighted by molar-refractivity contribution is 5.70. The van der Waals surface area contributed by atoms with Gasteiger partial charge in [0.25, 0.3) is 0 Å². The van der Waals surface area contributed by atoms with Gasteiger partial charge in [0, 0.05) is 24.8 Å². The second-order valence-corrected chi connectivity index (χ2v) is 3.73. The van der Waals surface area contributed by atoms with Gasteiger partial charge in [-0.25, -0.2) is 0 Å². The highest BCUT2D eigenvalue weighted by Crippen LogP contribution is 2.16.